The molecule has 0 fully saturated rings. The fourth-order valence-electron chi connectivity index (χ4n) is 5.07. The lowest BCUT2D eigenvalue weighted by molar-refractivity contribution is 0.989. The Morgan fingerprint density at radius 2 is 1.52 bits per heavy atom. The molecule has 5 nitrogen and oxygen atoms in total. The van der Waals surface area contributed by atoms with E-state index in [9.17, 15) is 0 Å². The van der Waals surface area contributed by atoms with Gasteiger partial charge in [-0.15, -0.1) is 0 Å². The van der Waals surface area contributed by atoms with Crippen LogP contribution in [0, 0.1) is 27.7 Å². The van der Waals surface area contributed by atoms with Crippen molar-refractivity contribution in [3.05, 3.63) is 89.6 Å². The van der Waals surface area contributed by atoms with Crippen molar-refractivity contribution in [2.45, 2.75) is 27.7 Å². The normalized spacial score (nSPS) is 11.9. The van der Waals surface area contributed by atoms with Gasteiger partial charge in [0.25, 0.3) is 0 Å². The summed E-state index contributed by atoms with van der Waals surface area (Å²) >= 11 is 0. The molecule has 0 unspecified atom stereocenters. The van der Waals surface area contributed by atoms with Gasteiger partial charge in [-0.05, 0) is 63.1 Å². The summed E-state index contributed by atoms with van der Waals surface area (Å²) in [6.45, 7) is 8.68. The van der Waals surface area contributed by atoms with Crippen LogP contribution in [0.15, 0.2) is 67.1 Å². The van der Waals surface area contributed by atoms with Crippen LogP contribution in [0.4, 0.5) is 0 Å². The van der Waals surface area contributed by atoms with E-state index in [1.165, 1.54) is 33.5 Å². The minimum atomic E-state index is 0.925. The van der Waals surface area contributed by atoms with E-state index in [0.29, 0.717) is 0 Å². The Balaban J connectivity index is 1.84. The Bertz CT molecular complexity index is 1630. The lowest BCUT2D eigenvalue weighted by Crippen LogP contribution is -2.02. The zero-order valence-corrected chi connectivity index (χ0v) is 18.1. The van der Waals surface area contributed by atoms with Crippen molar-refractivity contribution in [2.24, 2.45) is 0 Å². The minimum absolute atomic E-state index is 0.925. The van der Waals surface area contributed by atoms with Gasteiger partial charge in [-0.1, -0.05) is 30.3 Å². The molecule has 0 N–H and O–H groups in total. The third-order valence-corrected chi connectivity index (χ3v) is 6.33. The molecule has 0 aliphatic carbocycles. The summed E-state index contributed by atoms with van der Waals surface area (Å²) in [5.74, 6) is 0. The molecular weight excluding hydrogens is 382 g/mol. The fourth-order valence-corrected chi connectivity index (χ4v) is 5.07. The third-order valence-electron chi connectivity index (χ3n) is 6.33. The second-order valence-electron chi connectivity index (χ2n) is 8.27. The summed E-state index contributed by atoms with van der Waals surface area (Å²) in [4.78, 5) is 9.11. The van der Waals surface area contributed by atoms with E-state index in [1.54, 1.807) is 6.33 Å². The summed E-state index contributed by atoms with van der Waals surface area (Å²) in [7, 11) is 0. The van der Waals surface area contributed by atoms with Crippen LogP contribution < -0.4 is 0 Å². The van der Waals surface area contributed by atoms with Gasteiger partial charge in [-0.25, -0.2) is 9.97 Å². The van der Waals surface area contributed by atoms with Crippen molar-refractivity contribution < 1.29 is 0 Å². The van der Waals surface area contributed by atoms with Gasteiger partial charge in [0.15, 0.2) is 0 Å². The van der Waals surface area contributed by atoms with Crippen molar-refractivity contribution in [3.8, 4) is 11.4 Å². The zero-order valence-electron chi connectivity index (χ0n) is 18.1. The number of hydrogen-bond donors (Lipinski definition) is 0. The van der Waals surface area contributed by atoms with Gasteiger partial charge < -0.3 is 0 Å². The zero-order chi connectivity index (χ0) is 21.3. The fraction of sp³-hybridized carbons (Fsp3) is 0.154. The van der Waals surface area contributed by atoms with Crippen molar-refractivity contribution in [3.63, 3.8) is 0 Å². The summed E-state index contributed by atoms with van der Waals surface area (Å²) in [6.07, 6.45) is 3.58. The second kappa shape index (κ2) is 6.32. The molecule has 0 radical (unpaired) electrons. The van der Waals surface area contributed by atoms with Crippen LogP contribution >= 0.6 is 0 Å². The summed E-state index contributed by atoms with van der Waals surface area (Å²) in [5.41, 5.74) is 11.6. The number of imidazole rings is 1. The highest BCUT2D eigenvalue weighted by molar-refractivity contribution is 5.95. The first-order valence-corrected chi connectivity index (χ1v) is 10.5. The van der Waals surface area contributed by atoms with Crippen LogP contribution in [0.5, 0.6) is 0 Å². The number of aromatic nitrogens is 5. The Morgan fingerprint density at radius 1 is 0.774 bits per heavy atom. The molecule has 0 aliphatic heterocycles. The number of benzene rings is 2. The lowest BCUT2D eigenvalue weighted by Gasteiger charge is -2.12. The van der Waals surface area contributed by atoms with Crippen molar-refractivity contribution in [1.82, 2.24) is 23.5 Å². The van der Waals surface area contributed by atoms with E-state index in [4.69, 9.17) is 4.98 Å². The van der Waals surface area contributed by atoms with Crippen LogP contribution in [-0.2, 0) is 0 Å². The molecule has 5 heteroatoms. The van der Waals surface area contributed by atoms with Gasteiger partial charge in [-0.2, -0.15) is 0 Å². The first-order chi connectivity index (χ1) is 15.1. The van der Waals surface area contributed by atoms with E-state index in [0.717, 1.165) is 28.1 Å². The number of para-hydroxylation sites is 3. The molecule has 152 valence electrons. The molecule has 0 spiro atoms. The first kappa shape index (κ1) is 18.0. The quantitative estimate of drug-likeness (QED) is 0.362. The first-order valence-electron chi connectivity index (χ1n) is 10.5. The molecule has 6 rings (SSSR count). The van der Waals surface area contributed by atoms with Crippen LogP contribution in [0.25, 0.3) is 39.1 Å². The maximum atomic E-state index is 4.71. The number of aryl methyl sites for hydroxylation is 3. The highest BCUT2D eigenvalue weighted by atomic mass is 15.2. The van der Waals surface area contributed by atoms with E-state index in [-0.39, 0.29) is 0 Å². The lowest BCUT2D eigenvalue weighted by atomic mass is 10.2. The van der Waals surface area contributed by atoms with E-state index in [1.807, 2.05) is 6.20 Å². The number of hydrogen-bond acceptors (Lipinski definition) is 2. The molecular formula is C26H23N5. The summed E-state index contributed by atoms with van der Waals surface area (Å²) in [6, 6.07) is 19.3. The molecule has 0 atom stereocenters. The Labute approximate surface area is 180 Å². The van der Waals surface area contributed by atoms with E-state index < -0.39 is 0 Å². The molecule has 4 heterocycles. The van der Waals surface area contributed by atoms with Crippen molar-refractivity contribution in [1.29, 1.82) is 0 Å². The topological polar surface area (TPSA) is 40.0 Å². The highest BCUT2D eigenvalue weighted by Gasteiger charge is 2.24. The third kappa shape index (κ3) is 2.31. The Kier molecular flexibility index (Phi) is 3.66. The average Bonchev–Trinajstić information content (AvgIpc) is 3.36. The van der Waals surface area contributed by atoms with Gasteiger partial charge in [0, 0.05) is 17.6 Å². The van der Waals surface area contributed by atoms with Gasteiger partial charge in [0.2, 0.25) is 0 Å². The van der Waals surface area contributed by atoms with Crippen LogP contribution in [0.1, 0.15) is 22.5 Å². The van der Waals surface area contributed by atoms with Crippen molar-refractivity contribution in [2.75, 3.05) is 0 Å². The highest BCUT2D eigenvalue weighted by Crippen LogP contribution is 2.37. The van der Waals surface area contributed by atoms with E-state index >= 15 is 0 Å². The molecule has 31 heavy (non-hydrogen) atoms. The maximum absolute atomic E-state index is 4.71. The van der Waals surface area contributed by atoms with Crippen molar-refractivity contribution >= 4 is 27.7 Å². The van der Waals surface area contributed by atoms with Gasteiger partial charge in [-0.3, -0.25) is 13.5 Å². The predicted molar refractivity (Wildman–Crippen MR) is 126 cm³/mol. The monoisotopic (exact) mass is 405 g/mol. The second-order valence-corrected chi connectivity index (χ2v) is 8.27. The predicted octanol–water partition coefficient (Wildman–Crippen LogP) is 5.85. The molecule has 4 aromatic heterocycles. The SMILES string of the molecule is Cc1ccccc1-n1c(C)c(-n2c3ccccc3n3c(C)cc(C)c23)c2cncnc21. The Hall–Kier alpha value is -3.86. The molecule has 6 aromatic rings. The average molecular weight is 406 g/mol. The number of fused-ring (bicyclic) bond motifs is 4. The molecule has 0 saturated carbocycles. The summed E-state index contributed by atoms with van der Waals surface area (Å²) < 4.78 is 7.00. The van der Waals surface area contributed by atoms with Gasteiger partial charge in [0.05, 0.1) is 27.8 Å². The smallest absolute Gasteiger partial charge is 0.150 e. The van der Waals surface area contributed by atoms with E-state index in [2.05, 4.69) is 101 Å². The Morgan fingerprint density at radius 3 is 2.32 bits per heavy atom. The number of nitrogens with zero attached hydrogens (tertiary/aromatic N) is 5. The van der Waals surface area contributed by atoms with Crippen LogP contribution in [0.3, 0.4) is 0 Å². The largest absolute Gasteiger partial charge is 0.298 e. The molecule has 0 aliphatic rings. The summed E-state index contributed by atoms with van der Waals surface area (Å²) in [5, 5.41) is 1.05. The molecule has 0 amide bonds. The van der Waals surface area contributed by atoms with Crippen LogP contribution in [-0.4, -0.2) is 23.5 Å². The molecule has 2 aromatic carbocycles. The number of rotatable bonds is 2. The standard InChI is InChI=1S/C26H23N5/c1-16-9-5-6-10-21(16)30-19(4)24(20-14-27-15-28-25(20)30)31-23-12-8-7-11-22(23)29-18(3)13-17(2)26(29)31/h5-15H,1-4H3. The van der Waals surface area contributed by atoms with Gasteiger partial charge in [0.1, 0.15) is 17.6 Å². The molecule has 0 bridgehead atoms. The molecule has 0 saturated heterocycles. The van der Waals surface area contributed by atoms with Crippen LogP contribution in [0.2, 0.25) is 0 Å². The minimum Gasteiger partial charge on any atom is -0.298 e. The maximum Gasteiger partial charge on any atom is 0.150 e. The van der Waals surface area contributed by atoms with Gasteiger partial charge >= 0.3 is 0 Å².